The van der Waals surface area contributed by atoms with E-state index in [-0.39, 0.29) is 5.97 Å². The van der Waals surface area contributed by atoms with Gasteiger partial charge >= 0.3 is 5.97 Å². The number of ether oxygens (including phenoxy) is 1. The van der Waals surface area contributed by atoms with E-state index in [0.717, 1.165) is 6.26 Å². The van der Waals surface area contributed by atoms with Gasteiger partial charge in [-0.3, -0.25) is 4.79 Å². The molecule has 4 heteroatoms. The molecule has 0 fully saturated rings. The number of carbonyl (C=O) groups excluding carboxylic acids is 1. The number of allylic oxidation sites excluding steroid dienone is 2. The third-order valence-corrected chi connectivity index (χ3v) is 0.531. The molecule has 0 aliphatic rings. The molecule has 0 aromatic heterocycles. The maximum atomic E-state index is 9.75. The molecule has 0 aliphatic carbocycles. The summed E-state index contributed by atoms with van der Waals surface area (Å²) < 4.78 is 4.17. The van der Waals surface area contributed by atoms with Crippen molar-refractivity contribution < 1.29 is 9.53 Å². The van der Waals surface area contributed by atoms with E-state index in [2.05, 4.69) is 24.5 Å². The topological polar surface area (TPSA) is 73.9 Å². The summed E-state index contributed by atoms with van der Waals surface area (Å²) >= 11 is 0. The largest absolute Gasteiger partial charge is 0.435 e. The summed E-state index contributed by atoms with van der Waals surface area (Å²) in [6.45, 7) is 12.6. The SMILES string of the molecule is C=C(C)C#N.C=CC#N.C=COC(C)=O. The van der Waals surface area contributed by atoms with Gasteiger partial charge in [-0.25, -0.2) is 0 Å². The van der Waals surface area contributed by atoms with Crippen molar-refractivity contribution in [2.75, 3.05) is 0 Å². The zero-order valence-electron chi connectivity index (χ0n) is 8.99. The fourth-order valence-electron chi connectivity index (χ4n) is 0.117. The second-order valence-corrected chi connectivity index (χ2v) is 2.00. The van der Waals surface area contributed by atoms with Crippen LogP contribution in [-0.2, 0) is 9.53 Å². The molecule has 0 atom stereocenters. The molecular formula is C11H14N2O2. The summed E-state index contributed by atoms with van der Waals surface area (Å²) in [6.07, 6.45) is 2.28. The molecule has 0 bridgehead atoms. The van der Waals surface area contributed by atoms with Crippen LogP contribution >= 0.6 is 0 Å². The lowest BCUT2D eigenvalue weighted by Crippen LogP contribution is -1.87. The number of nitriles is 2. The van der Waals surface area contributed by atoms with Crippen molar-refractivity contribution in [3.8, 4) is 12.1 Å². The molecule has 0 saturated carbocycles. The van der Waals surface area contributed by atoms with Crippen LogP contribution in [0.25, 0.3) is 0 Å². The van der Waals surface area contributed by atoms with Gasteiger partial charge < -0.3 is 4.74 Å². The lowest BCUT2D eigenvalue weighted by Gasteiger charge is -1.83. The van der Waals surface area contributed by atoms with Crippen LogP contribution in [0, 0.1) is 22.7 Å². The average Bonchev–Trinajstić information content (AvgIpc) is 2.19. The van der Waals surface area contributed by atoms with Crippen molar-refractivity contribution in [2.45, 2.75) is 13.8 Å². The van der Waals surface area contributed by atoms with Crippen LogP contribution in [0.2, 0.25) is 0 Å². The highest BCUT2D eigenvalue weighted by molar-refractivity contribution is 5.66. The third kappa shape index (κ3) is 81.0. The molecule has 80 valence electrons. The minimum Gasteiger partial charge on any atom is -0.435 e. The lowest BCUT2D eigenvalue weighted by molar-refractivity contribution is -0.135. The number of nitrogens with zero attached hydrogens (tertiary/aromatic N) is 2. The first kappa shape index (κ1) is 18.5. The van der Waals surface area contributed by atoms with Crippen LogP contribution in [0.3, 0.4) is 0 Å². The van der Waals surface area contributed by atoms with E-state index < -0.39 is 0 Å². The van der Waals surface area contributed by atoms with E-state index in [1.807, 2.05) is 6.07 Å². The minimum atomic E-state index is -0.329. The van der Waals surface area contributed by atoms with Gasteiger partial charge in [0, 0.05) is 18.6 Å². The summed E-state index contributed by atoms with van der Waals surface area (Å²) in [5, 5.41) is 15.3. The summed E-state index contributed by atoms with van der Waals surface area (Å²) in [7, 11) is 0. The predicted octanol–water partition coefficient (Wildman–Crippen LogP) is 2.48. The molecule has 0 spiro atoms. The van der Waals surface area contributed by atoms with Crippen LogP contribution in [-0.4, -0.2) is 5.97 Å². The molecular weight excluding hydrogens is 192 g/mol. The van der Waals surface area contributed by atoms with E-state index in [9.17, 15) is 4.79 Å². The highest BCUT2D eigenvalue weighted by atomic mass is 16.5. The number of carbonyl (C=O) groups is 1. The van der Waals surface area contributed by atoms with Crippen LogP contribution in [0.1, 0.15) is 13.8 Å². The quantitative estimate of drug-likeness (QED) is 0.375. The average molecular weight is 206 g/mol. The fraction of sp³-hybridized carbons (Fsp3) is 0.182. The molecule has 0 radical (unpaired) electrons. The van der Waals surface area contributed by atoms with E-state index in [1.54, 1.807) is 13.0 Å². The molecule has 0 aliphatic heterocycles. The Bertz CT molecular complexity index is 293. The van der Waals surface area contributed by atoms with Gasteiger partial charge in [0.25, 0.3) is 0 Å². The molecule has 0 N–H and O–H groups in total. The molecule has 0 amide bonds. The molecule has 0 heterocycles. The van der Waals surface area contributed by atoms with E-state index in [1.165, 1.54) is 13.0 Å². The first-order valence-corrected chi connectivity index (χ1v) is 3.80. The molecule has 15 heavy (non-hydrogen) atoms. The second-order valence-electron chi connectivity index (χ2n) is 2.00. The number of esters is 1. The Balaban J connectivity index is -0.000000147. The smallest absolute Gasteiger partial charge is 0.307 e. The van der Waals surface area contributed by atoms with Gasteiger partial charge in [0.1, 0.15) is 0 Å². The highest BCUT2D eigenvalue weighted by Gasteiger charge is 1.79. The van der Waals surface area contributed by atoms with Crippen LogP contribution in [0.5, 0.6) is 0 Å². The Kier molecular flexibility index (Phi) is 21.7. The third-order valence-electron chi connectivity index (χ3n) is 0.531. The Morgan fingerprint density at radius 1 is 1.33 bits per heavy atom. The number of rotatable bonds is 1. The highest BCUT2D eigenvalue weighted by Crippen LogP contribution is 1.74. The molecule has 0 aromatic carbocycles. The first-order chi connectivity index (χ1) is 6.95. The Morgan fingerprint density at radius 3 is 1.67 bits per heavy atom. The monoisotopic (exact) mass is 206 g/mol. The van der Waals surface area contributed by atoms with Crippen molar-refractivity contribution in [2.24, 2.45) is 0 Å². The van der Waals surface area contributed by atoms with E-state index in [4.69, 9.17) is 10.5 Å². The second kappa shape index (κ2) is 17.7. The number of hydrogen-bond acceptors (Lipinski definition) is 4. The maximum absolute atomic E-state index is 9.75. The van der Waals surface area contributed by atoms with Crippen LogP contribution in [0.4, 0.5) is 0 Å². The zero-order valence-corrected chi connectivity index (χ0v) is 8.99. The van der Waals surface area contributed by atoms with Crippen molar-refractivity contribution in [1.82, 2.24) is 0 Å². The molecule has 0 aromatic rings. The van der Waals surface area contributed by atoms with Gasteiger partial charge in [0.05, 0.1) is 18.4 Å². The predicted molar refractivity (Wildman–Crippen MR) is 58.2 cm³/mol. The van der Waals surface area contributed by atoms with Crippen molar-refractivity contribution in [1.29, 1.82) is 10.5 Å². The first-order valence-electron chi connectivity index (χ1n) is 3.80. The number of hydrogen-bond donors (Lipinski definition) is 0. The summed E-state index contributed by atoms with van der Waals surface area (Å²) in [6, 6.07) is 3.53. The van der Waals surface area contributed by atoms with Gasteiger partial charge in [-0.2, -0.15) is 10.5 Å². The molecule has 0 rings (SSSR count). The van der Waals surface area contributed by atoms with Crippen LogP contribution in [0.15, 0.2) is 37.6 Å². The lowest BCUT2D eigenvalue weighted by atomic mass is 10.4. The van der Waals surface area contributed by atoms with Gasteiger partial charge in [0.2, 0.25) is 0 Å². The summed E-state index contributed by atoms with van der Waals surface area (Å²) in [5.41, 5.74) is 0.560. The zero-order chi connectivity index (χ0) is 12.7. The van der Waals surface area contributed by atoms with Gasteiger partial charge in [-0.15, -0.1) is 0 Å². The van der Waals surface area contributed by atoms with Gasteiger partial charge in [-0.1, -0.05) is 19.7 Å². The van der Waals surface area contributed by atoms with Crippen molar-refractivity contribution >= 4 is 5.97 Å². The normalized spacial score (nSPS) is 5.60. The molecule has 0 unspecified atom stereocenters. The standard InChI is InChI=1S/C4H5N.C4H6O2.C3H3N/c1-4(2)3-5;1-3-6-4(2)5;1-2-3-4/h1H2,2H3;3H,1H2,2H3;2H,1H2. The van der Waals surface area contributed by atoms with Crippen molar-refractivity contribution in [3.63, 3.8) is 0 Å². The van der Waals surface area contributed by atoms with Gasteiger partial charge in [-0.05, 0) is 6.92 Å². The molecule has 4 nitrogen and oxygen atoms in total. The molecule has 0 saturated heterocycles. The Labute approximate surface area is 90.4 Å². The minimum absolute atomic E-state index is 0.329. The van der Waals surface area contributed by atoms with Crippen LogP contribution < -0.4 is 0 Å². The summed E-state index contributed by atoms with van der Waals surface area (Å²) in [5.74, 6) is -0.329. The Hall–Kier alpha value is -2.33. The Morgan fingerprint density at radius 2 is 1.67 bits per heavy atom. The van der Waals surface area contributed by atoms with Crippen molar-refractivity contribution in [3.05, 3.63) is 37.6 Å². The fourth-order valence-corrected chi connectivity index (χ4v) is 0.117. The van der Waals surface area contributed by atoms with E-state index >= 15 is 0 Å². The van der Waals surface area contributed by atoms with Gasteiger partial charge in [0.15, 0.2) is 0 Å². The van der Waals surface area contributed by atoms with E-state index in [0.29, 0.717) is 5.57 Å². The maximum Gasteiger partial charge on any atom is 0.307 e. The summed E-state index contributed by atoms with van der Waals surface area (Å²) in [4.78, 5) is 9.75.